The average molecular weight is 218 g/mol. The number of nitrogen functional groups attached to an aromatic ring is 1. The molecule has 0 saturated carbocycles. The quantitative estimate of drug-likeness (QED) is 0.770. The molecule has 5 heteroatoms. The monoisotopic (exact) mass is 218 g/mol. The van der Waals surface area contributed by atoms with Crippen molar-refractivity contribution in [2.45, 2.75) is 0 Å². The standard InChI is InChI=1S/C11H14N4O/c1-15-7-8(6-13-15)14-11-5-9(16-2)3-4-10(11)12/h3-7,14H,12H2,1-2H3. The van der Waals surface area contributed by atoms with E-state index < -0.39 is 0 Å². The Bertz CT molecular complexity index is 492. The first-order chi connectivity index (χ1) is 7.69. The molecule has 0 aliphatic rings. The number of anilines is 3. The van der Waals surface area contributed by atoms with Gasteiger partial charge in [-0.2, -0.15) is 5.10 Å². The fourth-order valence-corrected chi connectivity index (χ4v) is 1.41. The Kier molecular flexibility index (Phi) is 2.68. The molecular formula is C11H14N4O. The van der Waals surface area contributed by atoms with Crippen LogP contribution in [0.1, 0.15) is 0 Å². The maximum Gasteiger partial charge on any atom is 0.121 e. The molecule has 1 heterocycles. The van der Waals surface area contributed by atoms with Crippen molar-refractivity contribution in [3.63, 3.8) is 0 Å². The molecule has 1 aromatic heterocycles. The van der Waals surface area contributed by atoms with Gasteiger partial charge in [-0.1, -0.05) is 0 Å². The van der Waals surface area contributed by atoms with Crippen LogP contribution in [0.3, 0.4) is 0 Å². The smallest absolute Gasteiger partial charge is 0.121 e. The number of benzene rings is 1. The molecule has 0 fully saturated rings. The summed E-state index contributed by atoms with van der Waals surface area (Å²) in [6.07, 6.45) is 3.61. The Morgan fingerprint density at radius 2 is 2.25 bits per heavy atom. The van der Waals surface area contributed by atoms with Crippen LogP contribution < -0.4 is 15.8 Å². The normalized spacial score (nSPS) is 10.1. The second-order valence-corrected chi connectivity index (χ2v) is 3.48. The summed E-state index contributed by atoms with van der Waals surface area (Å²) in [4.78, 5) is 0. The highest BCUT2D eigenvalue weighted by atomic mass is 16.5. The molecule has 16 heavy (non-hydrogen) atoms. The minimum atomic E-state index is 0.671. The SMILES string of the molecule is COc1ccc(N)c(Nc2cnn(C)c2)c1. The third-order valence-corrected chi connectivity index (χ3v) is 2.24. The van der Waals surface area contributed by atoms with Gasteiger partial charge in [0.15, 0.2) is 0 Å². The van der Waals surface area contributed by atoms with Gasteiger partial charge in [-0.05, 0) is 12.1 Å². The number of nitrogens with zero attached hydrogens (tertiary/aromatic N) is 2. The van der Waals surface area contributed by atoms with E-state index in [9.17, 15) is 0 Å². The maximum absolute atomic E-state index is 5.85. The van der Waals surface area contributed by atoms with E-state index in [4.69, 9.17) is 10.5 Å². The topological polar surface area (TPSA) is 65.1 Å². The summed E-state index contributed by atoms with van der Waals surface area (Å²) in [5.74, 6) is 0.764. The highest BCUT2D eigenvalue weighted by Gasteiger charge is 2.03. The summed E-state index contributed by atoms with van der Waals surface area (Å²) in [6.45, 7) is 0. The predicted molar refractivity (Wildman–Crippen MR) is 63.9 cm³/mol. The summed E-state index contributed by atoms with van der Waals surface area (Å²) in [6, 6.07) is 5.48. The molecule has 0 atom stereocenters. The molecule has 3 N–H and O–H groups in total. The molecule has 84 valence electrons. The summed E-state index contributed by atoms with van der Waals surface area (Å²) < 4.78 is 6.86. The van der Waals surface area contributed by atoms with Crippen LogP contribution in [0.4, 0.5) is 17.1 Å². The minimum Gasteiger partial charge on any atom is -0.497 e. The van der Waals surface area contributed by atoms with Gasteiger partial charge in [0.25, 0.3) is 0 Å². The zero-order valence-corrected chi connectivity index (χ0v) is 9.27. The number of hydrogen-bond donors (Lipinski definition) is 2. The Morgan fingerprint density at radius 1 is 1.44 bits per heavy atom. The minimum absolute atomic E-state index is 0.671. The van der Waals surface area contributed by atoms with Crippen LogP contribution in [0.2, 0.25) is 0 Å². The first kappa shape index (κ1) is 10.4. The van der Waals surface area contributed by atoms with Crippen molar-refractivity contribution in [2.24, 2.45) is 7.05 Å². The number of aromatic nitrogens is 2. The molecule has 0 bridgehead atoms. The largest absolute Gasteiger partial charge is 0.497 e. The molecule has 0 saturated heterocycles. The molecule has 0 radical (unpaired) electrons. The average Bonchev–Trinajstić information content (AvgIpc) is 2.67. The van der Waals surface area contributed by atoms with Crippen LogP contribution in [0, 0.1) is 0 Å². The van der Waals surface area contributed by atoms with Gasteiger partial charge in [-0.25, -0.2) is 0 Å². The van der Waals surface area contributed by atoms with Crippen LogP contribution in [-0.2, 0) is 7.05 Å². The molecule has 0 aliphatic heterocycles. The van der Waals surface area contributed by atoms with Crippen LogP contribution in [0.15, 0.2) is 30.6 Å². The Morgan fingerprint density at radius 3 is 2.88 bits per heavy atom. The number of ether oxygens (including phenoxy) is 1. The van der Waals surface area contributed by atoms with Crippen molar-refractivity contribution in [1.82, 2.24) is 9.78 Å². The molecule has 2 rings (SSSR count). The number of nitrogens with two attached hydrogens (primary N) is 1. The summed E-state index contributed by atoms with van der Waals surface area (Å²) in [7, 11) is 3.49. The van der Waals surface area contributed by atoms with E-state index in [-0.39, 0.29) is 0 Å². The van der Waals surface area contributed by atoms with E-state index in [2.05, 4.69) is 10.4 Å². The molecule has 0 amide bonds. The highest BCUT2D eigenvalue weighted by molar-refractivity contribution is 5.73. The third kappa shape index (κ3) is 2.08. The molecule has 1 aromatic carbocycles. The van der Waals surface area contributed by atoms with E-state index in [0.29, 0.717) is 5.69 Å². The number of hydrogen-bond acceptors (Lipinski definition) is 4. The fourth-order valence-electron chi connectivity index (χ4n) is 1.41. The van der Waals surface area contributed by atoms with E-state index in [0.717, 1.165) is 17.1 Å². The molecule has 0 spiro atoms. The lowest BCUT2D eigenvalue weighted by Crippen LogP contribution is -1.96. The van der Waals surface area contributed by atoms with Gasteiger partial charge in [0.05, 0.1) is 30.4 Å². The Balaban J connectivity index is 2.26. The number of rotatable bonds is 3. The van der Waals surface area contributed by atoms with Crippen molar-refractivity contribution in [3.05, 3.63) is 30.6 Å². The van der Waals surface area contributed by atoms with Gasteiger partial charge < -0.3 is 15.8 Å². The van der Waals surface area contributed by atoms with Gasteiger partial charge in [0.1, 0.15) is 5.75 Å². The summed E-state index contributed by atoms with van der Waals surface area (Å²) >= 11 is 0. The Hall–Kier alpha value is -2.17. The van der Waals surface area contributed by atoms with Crippen LogP contribution >= 0.6 is 0 Å². The number of aryl methyl sites for hydroxylation is 1. The Labute approximate surface area is 93.8 Å². The van der Waals surface area contributed by atoms with Gasteiger partial charge in [-0.3, -0.25) is 4.68 Å². The molecule has 0 aliphatic carbocycles. The molecular weight excluding hydrogens is 204 g/mol. The van der Waals surface area contributed by atoms with E-state index >= 15 is 0 Å². The number of methoxy groups -OCH3 is 1. The highest BCUT2D eigenvalue weighted by Crippen LogP contribution is 2.27. The third-order valence-electron chi connectivity index (χ3n) is 2.24. The van der Waals surface area contributed by atoms with E-state index in [1.54, 1.807) is 24.1 Å². The second-order valence-electron chi connectivity index (χ2n) is 3.48. The summed E-state index contributed by atoms with van der Waals surface area (Å²) in [5, 5.41) is 7.25. The molecule has 5 nitrogen and oxygen atoms in total. The van der Waals surface area contributed by atoms with Crippen molar-refractivity contribution in [1.29, 1.82) is 0 Å². The molecule has 2 aromatic rings. The zero-order valence-electron chi connectivity index (χ0n) is 9.27. The van der Waals surface area contributed by atoms with Gasteiger partial charge >= 0.3 is 0 Å². The van der Waals surface area contributed by atoms with Crippen molar-refractivity contribution in [3.8, 4) is 5.75 Å². The lowest BCUT2D eigenvalue weighted by molar-refractivity contribution is 0.415. The number of nitrogens with one attached hydrogen (secondary N) is 1. The lowest BCUT2D eigenvalue weighted by atomic mass is 10.2. The van der Waals surface area contributed by atoms with Gasteiger partial charge in [-0.15, -0.1) is 0 Å². The van der Waals surface area contributed by atoms with Crippen LogP contribution in [0.5, 0.6) is 5.75 Å². The fraction of sp³-hybridized carbons (Fsp3) is 0.182. The van der Waals surface area contributed by atoms with Crippen molar-refractivity contribution >= 4 is 17.1 Å². The van der Waals surface area contributed by atoms with Crippen molar-refractivity contribution in [2.75, 3.05) is 18.2 Å². The van der Waals surface area contributed by atoms with Gasteiger partial charge in [0, 0.05) is 19.3 Å². The van der Waals surface area contributed by atoms with Gasteiger partial charge in [0.2, 0.25) is 0 Å². The van der Waals surface area contributed by atoms with E-state index in [1.807, 2.05) is 25.4 Å². The second kappa shape index (κ2) is 4.14. The lowest BCUT2D eigenvalue weighted by Gasteiger charge is -2.09. The predicted octanol–water partition coefficient (Wildman–Crippen LogP) is 1.75. The molecule has 0 unspecified atom stereocenters. The maximum atomic E-state index is 5.85. The van der Waals surface area contributed by atoms with E-state index in [1.165, 1.54) is 0 Å². The van der Waals surface area contributed by atoms with Crippen LogP contribution in [-0.4, -0.2) is 16.9 Å². The van der Waals surface area contributed by atoms with Crippen molar-refractivity contribution < 1.29 is 4.74 Å². The first-order valence-corrected chi connectivity index (χ1v) is 4.88. The zero-order chi connectivity index (χ0) is 11.5. The first-order valence-electron chi connectivity index (χ1n) is 4.88. The summed E-state index contributed by atoms with van der Waals surface area (Å²) in [5.41, 5.74) is 8.23. The van der Waals surface area contributed by atoms with Crippen LogP contribution in [0.25, 0.3) is 0 Å².